The standard InChI is InChI=1S/C15H18N2O2S/c1-3-17(14-9-7-12(2)8-10-14)20(18,19)15-6-4-5-13(16)11-15/h4-11H,3,16H2,1-2H3. The van der Waals surface area contributed by atoms with Crippen LogP contribution in [0.5, 0.6) is 0 Å². The largest absolute Gasteiger partial charge is 0.399 e. The smallest absolute Gasteiger partial charge is 0.264 e. The fourth-order valence-corrected chi connectivity index (χ4v) is 3.53. The van der Waals surface area contributed by atoms with Crippen LogP contribution >= 0.6 is 0 Å². The van der Waals surface area contributed by atoms with Crippen molar-refractivity contribution in [2.45, 2.75) is 18.7 Å². The zero-order valence-electron chi connectivity index (χ0n) is 11.6. The van der Waals surface area contributed by atoms with Gasteiger partial charge in [0, 0.05) is 12.2 Å². The number of benzene rings is 2. The second-order valence-corrected chi connectivity index (χ2v) is 6.44. The molecule has 0 aromatic heterocycles. The van der Waals surface area contributed by atoms with Crippen molar-refractivity contribution in [1.29, 1.82) is 0 Å². The van der Waals surface area contributed by atoms with Gasteiger partial charge in [0.25, 0.3) is 10.0 Å². The second-order valence-electron chi connectivity index (χ2n) is 4.58. The summed E-state index contributed by atoms with van der Waals surface area (Å²) in [6.45, 7) is 4.14. The molecule has 0 bridgehead atoms. The Balaban J connectivity index is 2.47. The van der Waals surface area contributed by atoms with Crippen LogP contribution in [0.3, 0.4) is 0 Å². The number of nitrogen functional groups attached to an aromatic ring is 1. The monoisotopic (exact) mass is 290 g/mol. The van der Waals surface area contributed by atoms with Crippen LogP contribution in [0.15, 0.2) is 53.4 Å². The van der Waals surface area contributed by atoms with Gasteiger partial charge in [-0.05, 0) is 44.2 Å². The highest BCUT2D eigenvalue weighted by Gasteiger charge is 2.23. The zero-order valence-corrected chi connectivity index (χ0v) is 12.4. The number of anilines is 2. The summed E-state index contributed by atoms with van der Waals surface area (Å²) >= 11 is 0. The number of sulfonamides is 1. The minimum Gasteiger partial charge on any atom is -0.399 e. The van der Waals surface area contributed by atoms with E-state index in [0.29, 0.717) is 17.9 Å². The molecule has 0 heterocycles. The van der Waals surface area contributed by atoms with Crippen molar-refractivity contribution in [2.24, 2.45) is 0 Å². The van der Waals surface area contributed by atoms with Crippen LogP contribution in [0.4, 0.5) is 11.4 Å². The Morgan fingerprint density at radius 2 is 1.75 bits per heavy atom. The molecule has 0 atom stereocenters. The lowest BCUT2D eigenvalue weighted by molar-refractivity contribution is 0.592. The highest BCUT2D eigenvalue weighted by atomic mass is 32.2. The summed E-state index contributed by atoms with van der Waals surface area (Å²) in [4.78, 5) is 0.208. The summed E-state index contributed by atoms with van der Waals surface area (Å²) in [5, 5.41) is 0. The van der Waals surface area contributed by atoms with Crippen LogP contribution < -0.4 is 10.0 Å². The summed E-state index contributed by atoms with van der Waals surface area (Å²) in [5.74, 6) is 0. The Labute approximate surface area is 119 Å². The molecule has 2 aromatic rings. The maximum Gasteiger partial charge on any atom is 0.264 e. The topological polar surface area (TPSA) is 63.4 Å². The lowest BCUT2D eigenvalue weighted by Crippen LogP contribution is -2.30. The molecule has 2 aromatic carbocycles. The Kier molecular flexibility index (Phi) is 3.99. The Morgan fingerprint density at radius 1 is 1.10 bits per heavy atom. The van der Waals surface area contributed by atoms with Gasteiger partial charge < -0.3 is 5.73 Å². The highest BCUT2D eigenvalue weighted by Crippen LogP contribution is 2.24. The maximum atomic E-state index is 12.7. The first-order valence-corrected chi connectivity index (χ1v) is 7.84. The van der Waals surface area contributed by atoms with E-state index in [2.05, 4.69) is 0 Å². The minimum atomic E-state index is -3.59. The number of hydrogen-bond acceptors (Lipinski definition) is 3. The minimum absolute atomic E-state index is 0.208. The highest BCUT2D eigenvalue weighted by molar-refractivity contribution is 7.92. The van der Waals surface area contributed by atoms with Crippen molar-refractivity contribution >= 4 is 21.4 Å². The Hall–Kier alpha value is -2.01. The van der Waals surface area contributed by atoms with Crippen LogP contribution in [0.1, 0.15) is 12.5 Å². The number of rotatable bonds is 4. The molecule has 4 nitrogen and oxygen atoms in total. The molecule has 20 heavy (non-hydrogen) atoms. The SMILES string of the molecule is CCN(c1ccc(C)cc1)S(=O)(=O)c1cccc(N)c1. The first-order chi connectivity index (χ1) is 9.45. The molecule has 0 aliphatic rings. The third-order valence-electron chi connectivity index (χ3n) is 3.06. The molecule has 0 amide bonds. The van der Waals surface area contributed by atoms with Crippen molar-refractivity contribution in [3.05, 3.63) is 54.1 Å². The number of hydrogen-bond donors (Lipinski definition) is 1. The summed E-state index contributed by atoms with van der Waals surface area (Å²) in [6, 6.07) is 13.8. The van der Waals surface area contributed by atoms with Gasteiger partial charge >= 0.3 is 0 Å². The van der Waals surface area contributed by atoms with E-state index >= 15 is 0 Å². The fourth-order valence-electron chi connectivity index (χ4n) is 2.00. The predicted octanol–water partition coefficient (Wildman–Crippen LogP) is 2.79. The molecule has 2 N–H and O–H groups in total. The fraction of sp³-hybridized carbons (Fsp3) is 0.200. The molecule has 0 fully saturated rings. The summed E-state index contributed by atoms with van der Waals surface area (Å²) in [5.41, 5.74) is 7.85. The van der Waals surface area contributed by atoms with Gasteiger partial charge in [-0.2, -0.15) is 0 Å². The van der Waals surface area contributed by atoms with Gasteiger partial charge in [0.15, 0.2) is 0 Å². The van der Waals surface area contributed by atoms with E-state index in [-0.39, 0.29) is 4.90 Å². The van der Waals surface area contributed by atoms with E-state index in [0.717, 1.165) is 5.56 Å². The molecule has 106 valence electrons. The molecule has 0 saturated carbocycles. The normalized spacial score (nSPS) is 11.3. The molecule has 0 saturated heterocycles. The maximum absolute atomic E-state index is 12.7. The first kappa shape index (κ1) is 14.4. The van der Waals surface area contributed by atoms with Crippen molar-refractivity contribution in [1.82, 2.24) is 0 Å². The molecule has 0 spiro atoms. The van der Waals surface area contributed by atoms with Crippen molar-refractivity contribution < 1.29 is 8.42 Å². The van der Waals surface area contributed by atoms with Crippen molar-refractivity contribution in [2.75, 3.05) is 16.6 Å². The third-order valence-corrected chi connectivity index (χ3v) is 4.95. The summed E-state index contributed by atoms with van der Waals surface area (Å²) < 4.78 is 26.7. The van der Waals surface area contributed by atoms with Crippen molar-refractivity contribution in [3.8, 4) is 0 Å². The quantitative estimate of drug-likeness (QED) is 0.881. The van der Waals surface area contributed by atoms with E-state index in [4.69, 9.17) is 5.73 Å². The van der Waals surface area contributed by atoms with E-state index in [1.54, 1.807) is 18.2 Å². The predicted molar refractivity (Wildman–Crippen MR) is 82.2 cm³/mol. The van der Waals surface area contributed by atoms with E-state index in [1.807, 2.05) is 38.1 Å². The van der Waals surface area contributed by atoms with Crippen LogP contribution in [-0.4, -0.2) is 15.0 Å². The molecule has 0 radical (unpaired) electrons. The van der Waals surface area contributed by atoms with Crippen LogP contribution in [-0.2, 0) is 10.0 Å². The van der Waals surface area contributed by atoms with Gasteiger partial charge in [0.1, 0.15) is 0 Å². The number of aryl methyl sites for hydroxylation is 1. The lowest BCUT2D eigenvalue weighted by Gasteiger charge is -2.23. The van der Waals surface area contributed by atoms with Crippen LogP contribution in [0.25, 0.3) is 0 Å². The van der Waals surface area contributed by atoms with Crippen LogP contribution in [0.2, 0.25) is 0 Å². The zero-order chi connectivity index (χ0) is 14.8. The van der Waals surface area contributed by atoms with Gasteiger partial charge in [-0.3, -0.25) is 4.31 Å². The average Bonchev–Trinajstić information content (AvgIpc) is 2.41. The van der Waals surface area contributed by atoms with E-state index < -0.39 is 10.0 Å². The lowest BCUT2D eigenvalue weighted by atomic mass is 10.2. The van der Waals surface area contributed by atoms with Crippen LogP contribution in [0, 0.1) is 6.92 Å². The van der Waals surface area contributed by atoms with Gasteiger partial charge in [-0.25, -0.2) is 8.42 Å². The molecule has 0 aliphatic heterocycles. The van der Waals surface area contributed by atoms with E-state index in [9.17, 15) is 8.42 Å². The number of nitrogens with zero attached hydrogens (tertiary/aromatic N) is 1. The number of nitrogens with two attached hydrogens (primary N) is 1. The molecular formula is C15H18N2O2S. The molecule has 0 aliphatic carbocycles. The van der Waals surface area contributed by atoms with Gasteiger partial charge in [0.05, 0.1) is 10.6 Å². The van der Waals surface area contributed by atoms with E-state index in [1.165, 1.54) is 10.4 Å². The third kappa shape index (κ3) is 2.77. The molecule has 2 rings (SSSR count). The summed E-state index contributed by atoms with van der Waals surface area (Å²) in [7, 11) is -3.59. The summed E-state index contributed by atoms with van der Waals surface area (Å²) in [6.07, 6.45) is 0. The Bertz CT molecular complexity index is 694. The molecular weight excluding hydrogens is 272 g/mol. The van der Waals surface area contributed by atoms with Crippen molar-refractivity contribution in [3.63, 3.8) is 0 Å². The molecule has 0 unspecified atom stereocenters. The Morgan fingerprint density at radius 3 is 2.30 bits per heavy atom. The average molecular weight is 290 g/mol. The molecule has 5 heteroatoms. The van der Waals surface area contributed by atoms with Gasteiger partial charge in [-0.1, -0.05) is 23.8 Å². The first-order valence-electron chi connectivity index (χ1n) is 6.40. The van der Waals surface area contributed by atoms with Gasteiger partial charge in [-0.15, -0.1) is 0 Å². The van der Waals surface area contributed by atoms with Gasteiger partial charge in [0.2, 0.25) is 0 Å². The second kappa shape index (κ2) is 5.54.